The van der Waals surface area contributed by atoms with Crippen LogP contribution < -0.4 is 10.1 Å². The van der Waals surface area contributed by atoms with Crippen molar-refractivity contribution >= 4 is 11.6 Å². The first kappa shape index (κ1) is 16.6. The third-order valence-electron chi connectivity index (χ3n) is 3.68. The van der Waals surface area contributed by atoms with Gasteiger partial charge in [-0.2, -0.15) is 0 Å². The van der Waals surface area contributed by atoms with Gasteiger partial charge < -0.3 is 14.5 Å². The number of ether oxygens (including phenoxy) is 1. The van der Waals surface area contributed by atoms with E-state index in [4.69, 9.17) is 20.8 Å². The van der Waals surface area contributed by atoms with Crippen LogP contribution >= 0.6 is 11.6 Å². The number of halogens is 1. The van der Waals surface area contributed by atoms with Gasteiger partial charge in [0.25, 0.3) is 0 Å². The van der Waals surface area contributed by atoms with E-state index in [9.17, 15) is 0 Å². The number of benzene rings is 2. The lowest BCUT2D eigenvalue weighted by molar-refractivity contribution is 0.306. The molecule has 124 valence electrons. The molecule has 0 radical (unpaired) electrons. The Morgan fingerprint density at radius 3 is 2.58 bits per heavy atom. The van der Waals surface area contributed by atoms with Gasteiger partial charge in [0.1, 0.15) is 18.1 Å². The molecule has 0 saturated heterocycles. The summed E-state index contributed by atoms with van der Waals surface area (Å²) in [4.78, 5) is 0. The first-order chi connectivity index (χ1) is 11.8. The molecule has 1 heterocycles. The Labute approximate surface area is 147 Å². The van der Waals surface area contributed by atoms with Crippen LogP contribution in [0.25, 0.3) is 0 Å². The van der Waals surface area contributed by atoms with Gasteiger partial charge in [0.05, 0.1) is 6.26 Å². The van der Waals surface area contributed by atoms with Gasteiger partial charge in [-0.05, 0) is 47.5 Å². The topological polar surface area (TPSA) is 34.4 Å². The van der Waals surface area contributed by atoms with Gasteiger partial charge in [0.15, 0.2) is 0 Å². The largest absolute Gasteiger partial charge is 0.489 e. The average Bonchev–Trinajstić information content (AvgIpc) is 3.11. The quantitative estimate of drug-likeness (QED) is 0.595. The molecule has 0 saturated carbocycles. The lowest BCUT2D eigenvalue weighted by Crippen LogP contribution is -2.16. The van der Waals surface area contributed by atoms with E-state index < -0.39 is 0 Å². The Kier molecular flexibility index (Phi) is 5.94. The minimum Gasteiger partial charge on any atom is -0.489 e. The van der Waals surface area contributed by atoms with Crippen molar-refractivity contribution in [2.45, 2.75) is 19.6 Å². The number of furan rings is 1. The lowest BCUT2D eigenvalue weighted by atomic mass is 10.2. The fraction of sp³-hybridized carbons (Fsp3) is 0.200. The second-order valence-electron chi connectivity index (χ2n) is 5.57. The Balaban J connectivity index is 1.41. The molecule has 2 aromatic carbocycles. The summed E-state index contributed by atoms with van der Waals surface area (Å²) < 4.78 is 11.1. The first-order valence-electron chi connectivity index (χ1n) is 7.99. The van der Waals surface area contributed by atoms with Crippen molar-refractivity contribution in [3.63, 3.8) is 0 Å². The molecule has 0 aliphatic heterocycles. The summed E-state index contributed by atoms with van der Waals surface area (Å²) in [6, 6.07) is 19.8. The Hall–Kier alpha value is -2.23. The molecule has 0 amide bonds. The van der Waals surface area contributed by atoms with E-state index in [0.29, 0.717) is 6.61 Å². The van der Waals surface area contributed by atoms with E-state index in [1.807, 2.05) is 48.5 Å². The highest BCUT2D eigenvalue weighted by atomic mass is 35.5. The summed E-state index contributed by atoms with van der Waals surface area (Å²) in [5, 5.41) is 4.14. The van der Waals surface area contributed by atoms with E-state index in [1.54, 1.807) is 6.26 Å². The fourth-order valence-electron chi connectivity index (χ4n) is 2.40. The maximum atomic E-state index is 5.97. The third kappa shape index (κ3) is 5.15. The molecule has 24 heavy (non-hydrogen) atoms. The van der Waals surface area contributed by atoms with Crippen LogP contribution in [0.3, 0.4) is 0 Å². The van der Waals surface area contributed by atoms with Gasteiger partial charge in [0.2, 0.25) is 0 Å². The molecule has 0 aliphatic carbocycles. The molecular weight excluding hydrogens is 322 g/mol. The van der Waals surface area contributed by atoms with E-state index in [0.717, 1.165) is 41.6 Å². The number of hydrogen-bond donors (Lipinski definition) is 1. The van der Waals surface area contributed by atoms with Crippen LogP contribution in [0.1, 0.15) is 16.9 Å². The Bertz CT molecular complexity index is 739. The van der Waals surface area contributed by atoms with Crippen LogP contribution in [-0.4, -0.2) is 6.54 Å². The molecule has 0 fully saturated rings. The summed E-state index contributed by atoms with van der Waals surface area (Å²) in [5.74, 6) is 1.86. The van der Waals surface area contributed by atoms with Gasteiger partial charge >= 0.3 is 0 Å². The number of nitrogens with one attached hydrogen (secondary N) is 1. The highest BCUT2D eigenvalue weighted by molar-refractivity contribution is 6.30. The third-order valence-corrected chi connectivity index (χ3v) is 3.91. The zero-order valence-corrected chi connectivity index (χ0v) is 14.1. The van der Waals surface area contributed by atoms with Gasteiger partial charge in [-0.3, -0.25) is 0 Å². The van der Waals surface area contributed by atoms with Crippen LogP contribution in [0.4, 0.5) is 0 Å². The van der Waals surface area contributed by atoms with Crippen LogP contribution in [0.15, 0.2) is 71.3 Å². The first-order valence-corrected chi connectivity index (χ1v) is 8.37. The molecule has 0 bridgehead atoms. The highest BCUT2D eigenvalue weighted by Crippen LogP contribution is 2.16. The molecule has 4 heteroatoms. The zero-order valence-electron chi connectivity index (χ0n) is 13.4. The predicted octanol–water partition coefficient (Wildman–Crippen LogP) is 4.84. The van der Waals surface area contributed by atoms with Crippen LogP contribution in [0, 0.1) is 0 Å². The molecule has 0 aliphatic rings. The molecule has 1 aromatic heterocycles. The molecule has 1 N–H and O–H groups in total. The monoisotopic (exact) mass is 341 g/mol. The van der Waals surface area contributed by atoms with Gasteiger partial charge in [0, 0.05) is 24.5 Å². The summed E-state index contributed by atoms with van der Waals surface area (Å²) >= 11 is 5.97. The van der Waals surface area contributed by atoms with Gasteiger partial charge in [-0.25, -0.2) is 0 Å². The molecule has 3 aromatic rings. The predicted molar refractivity (Wildman–Crippen MR) is 96.3 cm³/mol. The van der Waals surface area contributed by atoms with Crippen molar-refractivity contribution in [2.24, 2.45) is 0 Å². The normalized spacial score (nSPS) is 10.7. The molecular formula is C20H20ClNO2. The van der Waals surface area contributed by atoms with Crippen LogP contribution in [0.5, 0.6) is 5.75 Å². The minimum atomic E-state index is 0.515. The van der Waals surface area contributed by atoms with Gasteiger partial charge in [-0.1, -0.05) is 35.9 Å². The second kappa shape index (κ2) is 8.57. The Morgan fingerprint density at radius 1 is 0.958 bits per heavy atom. The maximum absolute atomic E-state index is 5.97. The summed E-state index contributed by atoms with van der Waals surface area (Å²) in [6.07, 6.45) is 2.60. The van der Waals surface area contributed by atoms with E-state index >= 15 is 0 Å². The molecule has 0 atom stereocenters. The van der Waals surface area contributed by atoms with E-state index in [1.165, 1.54) is 5.56 Å². The van der Waals surface area contributed by atoms with Crippen molar-refractivity contribution in [1.29, 1.82) is 0 Å². The number of rotatable bonds is 8. The van der Waals surface area contributed by atoms with E-state index in [-0.39, 0.29) is 0 Å². The molecule has 3 nitrogen and oxygen atoms in total. The Morgan fingerprint density at radius 2 is 1.83 bits per heavy atom. The highest BCUT2D eigenvalue weighted by Gasteiger charge is 1.99. The fourth-order valence-corrected chi connectivity index (χ4v) is 2.61. The molecule has 0 spiro atoms. The lowest BCUT2D eigenvalue weighted by Gasteiger charge is -2.08. The molecule has 0 unspecified atom stereocenters. The second-order valence-corrected chi connectivity index (χ2v) is 6.01. The van der Waals surface area contributed by atoms with Crippen molar-refractivity contribution in [1.82, 2.24) is 5.32 Å². The van der Waals surface area contributed by atoms with Crippen molar-refractivity contribution < 1.29 is 9.15 Å². The molecule has 3 rings (SSSR count). The summed E-state index contributed by atoms with van der Waals surface area (Å²) in [7, 11) is 0. The summed E-state index contributed by atoms with van der Waals surface area (Å²) in [5.41, 5.74) is 2.29. The van der Waals surface area contributed by atoms with Crippen molar-refractivity contribution in [3.8, 4) is 5.75 Å². The van der Waals surface area contributed by atoms with E-state index in [2.05, 4.69) is 17.4 Å². The van der Waals surface area contributed by atoms with Gasteiger partial charge in [-0.15, -0.1) is 0 Å². The maximum Gasteiger partial charge on any atom is 0.119 e. The van der Waals surface area contributed by atoms with Crippen molar-refractivity contribution in [3.05, 3.63) is 88.8 Å². The summed E-state index contributed by atoms with van der Waals surface area (Å²) in [6.45, 7) is 2.23. The van der Waals surface area contributed by atoms with Crippen molar-refractivity contribution in [2.75, 3.05) is 6.54 Å². The number of hydrogen-bond acceptors (Lipinski definition) is 3. The standard InChI is InChI=1S/C20H20ClNO2/c21-18-4-1-3-17(13-18)15-24-20-8-6-16(7-9-20)14-22-11-10-19-5-2-12-23-19/h1-9,12-13,22H,10-11,14-15H2. The van der Waals surface area contributed by atoms with Crippen LogP contribution in [-0.2, 0) is 19.6 Å². The smallest absolute Gasteiger partial charge is 0.119 e. The van der Waals surface area contributed by atoms with Crippen LogP contribution in [0.2, 0.25) is 5.02 Å². The average molecular weight is 342 g/mol. The SMILES string of the molecule is Clc1cccc(COc2ccc(CNCCc3ccco3)cc2)c1. The minimum absolute atomic E-state index is 0.515. The zero-order chi connectivity index (χ0) is 16.6.